The maximum Gasteiger partial charge on any atom is -0.0354 e. The minimum atomic E-state index is 0.501. The van der Waals surface area contributed by atoms with E-state index in [0.29, 0.717) is 5.41 Å². The van der Waals surface area contributed by atoms with Gasteiger partial charge in [0.05, 0.1) is 0 Å². The zero-order valence-corrected chi connectivity index (χ0v) is 13.3. The summed E-state index contributed by atoms with van der Waals surface area (Å²) in [6.07, 6.45) is 10.5. The number of hydrogen-bond acceptors (Lipinski definition) is 0. The second-order valence-corrected chi connectivity index (χ2v) is 8.52. The second-order valence-electron chi connectivity index (χ2n) is 8.52. The van der Waals surface area contributed by atoms with Crippen molar-refractivity contribution in [2.75, 3.05) is 0 Å². The summed E-state index contributed by atoms with van der Waals surface area (Å²) in [5.41, 5.74) is 0.501. The van der Waals surface area contributed by atoms with Gasteiger partial charge in [-0.05, 0) is 60.7 Å². The third-order valence-corrected chi connectivity index (χ3v) is 5.92. The molecule has 0 aromatic rings. The van der Waals surface area contributed by atoms with Crippen molar-refractivity contribution in [1.82, 2.24) is 0 Å². The molecule has 2 saturated carbocycles. The summed E-state index contributed by atoms with van der Waals surface area (Å²) in [5.74, 6) is 5.01. The SMILES string of the molecule is CC(CC(CC(C)C1CC1)C(C)(C)C)C1CCC1. The summed E-state index contributed by atoms with van der Waals surface area (Å²) in [5, 5.41) is 0. The van der Waals surface area contributed by atoms with Crippen molar-refractivity contribution in [3.63, 3.8) is 0 Å². The maximum absolute atomic E-state index is 2.52. The molecule has 0 nitrogen and oxygen atoms in total. The first-order valence-electron chi connectivity index (χ1n) is 8.38. The Bertz CT molecular complexity index is 252. The molecule has 2 fully saturated rings. The van der Waals surface area contributed by atoms with E-state index in [2.05, 4.69) is 34.6 Å². The Morgan fingerprint density at radius 3 is 1.56 bits per heavy atom. The Morgan fingerprint density at radius 1 is 0.833 bits per heavy atom. The van der Waals surface area contributed by atoms with Gasteiger partial charge in [0.25, 0.3) is 0 Å². The van der Waals surface area contributed by atoms with Gasteiger partial charge in [-0.1, -0.05) is 53.9 Å². The topological polar surface area (TPSA) is 0 Å². The van der Waals surface area contributed by atoms with Crippen molar-refractivity contribution in [3.8, 4) is 0 Å². The first-order chi connectivity index (χ1) is 8.38. The molecule has 0 aliphatic heterocycles. The molecule has 2 aliphatic rings. The standard InChI is InChI=1S/C18H34/c1-13(15-7-6-8-15)11-17(18(3,4)5)12-14(2)16-9-10-16/h13-17H,6-12H2,1-5H3. The van der Waals surface area contributed by atoms with Gasteiger partial charge in [0.15, 0.2) is 0 Å². The molecule has 106 valence electrons. The third kappa shape index (κ3) is 3.75. The molecule has 2 aliphatic carbocycles. The van der Waals surface area contributed by atoms with Gasteiger partial charge in [0, 0.05) is 0 Å². The highest BCUT2D eigenvalue weighted by atomic mass is 14.4. The van der Waals surface area contributed by atoms with Gasteiger partial charge in [0.1, 0.15) is 0 Å². The van der Waals surface area contributed by atoms with E-state index < -0.39 is 0 Å². The van der Waals surface area contributed by atoms with Gasteiger partial charge in [-0.2, -0.15) is 0 Å². The molecule has 0 heteroatoms. The smallest absolute Gasteiger partial charge is 0.0354 e. The zero-order chi connectivity index (χ0) is 13.3. The van der Waals surface area contributed by atoms with Crippen molar-refractivity contribution in [1.29, 1.82) is 0 Å². The highest BCUT2D eigenvalue weighted by Crippen LogP contribution is 2.46. The summed E-state index contributed by atoms with van der Waals surface area (Å²) < 4.78 is 0. The highest BCUT2D eigenvalue weighted by Gasteiger charge is 2.35. The van der Waals surface area contributed by atoms with Gasteiger partial charge < -0.3 is 0 Å². The first kappa shape index (κ1) is 14.4. The monoisotopic (exact) mass is 250 g/mol. The predicted octanol–water partition coefficient (Wildman–Crippen LogP) is 5.91. The lowest BCUT2D eigenvalue weighted by Crippen LogP contribution is -2.29. The fourth-order valence-electron chi connectivity index (χ4n) is 3.76. The Hall–Kier alpha value is 0. The van der Waals surface area contributed by atoms with E-state index in [1.54, 1.807) is 0 Å². The summed E-state index contributed by atoms with van der Waals surface area (Å²) in [6, 6.07) is 0. The lowest BCUT2D eigenvalue weighted by atomic mass is 9.67. The summed E-state index contributed by atoms with van der Waals surface area (Å²) in [4.78, 5) is 0. The van der Waals surface area contributed by atoms with Crippen LogP contribution in [0.1, 0.15) is 79.6 Å². The van der Waals surface area contributed by atoms with Gasteiger partial charge in [-0.25, -0.2) is 0 Å². The van der Waals surface area contributed by atoms with E-state index in [9.17, 15) is 0 Å². The zero-order valence-electron chi connectivity index (χ0n) is 13.3. The van der Waals surface area contributed by atoms with Crippen LogP contribution in [0.2, 0.25) is 0 Å². The average molecular weight is 250 g/mol. The Labute approximate surface area is 115 Å². The fourth-order valence-corrected chi connectivity index (χ4v) is 3.76. The molecule has 0 bridgehead atoms. The maximum atomic E-state index is 2.52. The summed E-state index contributed by atoms with van der Waals surface area (Å²) in [7, 11) is 0. The van der Waals surface area contributed by atoms with Crippen LogP contribution < -0.4 is 0 Å². The van der Waals surface area contributed by atoms with Crippen molar-refractivity contribution >= 4 is 0 Å². The molecule has 0 spiro atoms. The Balaban J connectivity index is 1.87. The molecule has 0 radical (unpaired) electrons. The van der Waals surface area contributed by atoms with Crippen molar-refractivity contribution in [3.05, 3.63) is 0 Å². The molecular formula is C18H34. The average Bonchev–Trinajstić information content (AvgIpc) is 2.94. The van der Waals surface area contributed by atoms with E-state index in [-0.39, 0.29) is 0 Å². The van der Waals surface area contributed by atoms with Crippen molar-refractivity contribution < 1.29 is 0 Å². The van der Waals surface area contributed by atoms with Gasteiger partial charge >= 0.3 is 0 Å². The van der Waals surface area contributed by atoms with E-state index >= 15 is 0 Å². The molecule has 0 heterocycles. The van der Waals surface area contributed by atoms with E-state index in [4.69, 9.17) is 0 Å². The van der Waals surface area contributed by atoms with Crippen LogP contribution in [-0.4, -0.2) is 0 Å². The van der Waals surface area contributed by atoms with Crippen LogP contribution in [0, 0.1) is 35.0 Å². The lowest BCUT2D eigenvalue weighted by molar-refractivity contribution is 0.116. The van der Waals surface area contributed by atoms with E-state index in [1.807, 2.05) is 0 Å². The van der Waals surface area contributed by atoms with Crippen molar-refractivity contribution in [2.24, 2.45) is 35.0 Å². The number of hydrogen-bond donors (Lipinski definition) is 0. The number of rotatable bonds is 6. The van der Waals surface area contributed by atoms with E-state index in [1.165, 1.54) is 44.9 Å². The minimum Gasteiger partial charge on any atom is -0.0622 e. The molecule has 0 N–H and O–H groups in total. The molecule has 0 aromatic carbocycles. The third-order valence-electron chi connectivity index (χ3n) is 5.92. The van der Waals surface area contributed by atoms with Crippen LogP contribution >= 0.6 is 0 Å². The van der Waals surface area contributed by atoms with E-state index in [0.717, 1.165) is 29.6 Å². The molecule has 2 rings (SSSR count). The normalized spacial score (nSPS) is 26.5. The Morgan fingerprint density at radius 2 is 1.28 bits per heavy atom. The first-order valence-corrected chi connectivity index (χ1v) is 8.38. The summed E-state index contributed by atoms with van der Waals surface area (Å²) in [6.45, 7) is 12.4. The summed E-state index contributed by atoms with van der Waals surface area (Å²) >= 11 is 0. The van der Waals surface area contributed by atoms with Crippen molar-refractivity contribution in [2.45, 2.75) is 79.6 Å². The molecule has 3 unspecified atom stereocenters. The van der Waals surface area contributed by atoms with Crippen LogP contribution in [0.15, 0.2) is 0 Å². The van der Waals surface area contributed by atoms with Crippen LogP contribution in [0.4, 0.5) is 0 Å². The van der Waals surface area contributed by atoms with Gasteiger partial charge in [-0.3, -0.25) is 0 Å². The van der Waals surface area contributed by atoms with Crippen LogP contribution in [0.25, 0.3) is 0 Å². The molecule has 0 saturated heterocycles. The van der Waals surface area contributed by atoms with Crippen LogP contribution in [0.3, 0.4) is 0 Å². The lowest BCUT2D eigenvalue weighted by Gasteiger charge is -2.39. The predicted molar refractivity (Wildman–Crippen MR) is 80.6 cm³/mol. The molecular weight excluding hydrogens is 216 g/mol. The van der Waals surface area contributed by atoms with Gasteiger partial charge in [0.2, 0.25) is 0 Å². The second kappa shape index (κ2) is 5.55. The van der Waals surface area contributed by atoms with Gasteiger partial charge in [-0.15, -0.1) is 0 Å². The Kier molecular flexibility index (Phi) is 4.44. The molecule has 3 atom stereocenters. The van der Waals surface area contributed by atoms with Crippen LogP contribution in [-0.2, 0) is 0 Å². The van der Waals surface area contributed by atoms with Crippen LogP contribution in [0.5, 0.6) is 0 Å². The fraction of sp³-hybridized carbons (Fsp3) is 1.00. The highest BCUT2D eigenvalue weighted by molar-refractivity contribution is 4.86. The molecule has 18 heavy (non-hydrogen) atoms. The largest absolute Gasteiger partial charge is 0.0622 e. The quantitative estimate of drug-likeness (QED) is 0.549. The molecule has 0 amide bonds. The minimum absolute atomic E-state index is 0.501. The molecule has 0 aromatic heterocycles.